The summed E-state index contributed by atoms with van der Waals surface area (Å²) in [7, 11) is 0. The molecular weight excluding hydrogens is 496 g/mol. The van der Waals surface area contributed by atoms with Crippen molar-refractivity contribution in [1.29, 1.82) is 0 Å². The Morgan fingerprint density at radius 3 is 1.82 bits per heavy atom. The molecule has 8 rings (SSSR count). The van der Waals surface area contributed by atoms with Crippen molar-refractivity contribution in [3.63, 3.8) is 0 Å². The van der Waals surface area contributed by atoms with E-state index in [1.807, 2.05) is 24.3 Å². The summed E-state index contributed by atoms with van der Waals surface area (Å²) in [5.74, 6) is 0. The lowest BCUT2D eigenvalue weighted by molar-refractivity contribution is 0.666. The van der Waals surface area contributed by atoms with Gasteiger partial charge in [-0.25, -0.2) is 0 Å². The lowest BCUT2D eigenvalue weighted by Gasteiger charge is -2.34. The molecule has 1 heterocycles. The van der Waals surface area contributed by atoms with E-state index >= 15 is 0 Å². The Balaban J connectivity index is 1.56. The number of rotatable bonds is 3. The van der Waals surface area contributed by atoms with Gasteiger partial charge in [-0.3, -0.25) is 0 Å². The number of hydrogen-bond acceptors (Lipinski definition) is 1. The molecule has 0 atom stereocenters. The Labute approximate surface area is 231 Å². The van der Waals surface area contributed by atoms with Gasteiger partial charge in [0.15, 0.2) is 0 Å². The van der Waals surface area contributed by atoms with E-state index in [0.29, 0.717) is 0 Å². The summed E-state index contributed by atoms with van der Waals surface area (Å²) < 4.78 is 6.57. The molecule has 0 bridgehead atoms. The first-order chi connectivity index (χ1) is 19.2. The van der Waals surface area contributed by atoms with Crippen LogP contribution in [0.1, 0.15) is 22.3 Å². The topological polar surface area (TPSA) is 13.1 Å². The number of fused-ring (bicyclic) bond motifs is 6. The highest BCUT2D eigenvalue weighted by atomic mass is 35.5. The van der Waals surface area contributed by atoms with Gasteiger partial charge in [0.2, 0.25) is 0 Å². The standard InChI is InChI=1S/C37H23ClO/c38-27-20-18-24(19-21-27)31-22-26(23-35-36(31)30-14-6-9-17-34(30)39-35)37(25-10-2-1-3-11-25)32-15-7-4-12-28(32)29-13-5-8-16-33(29)37/h1-23H. The molecule has 0 saturated carbocycles. The van der Waals surface area contributed by atoms with Crippen LogP contribution in [0.25, 0.3) is 44.2 Å². The molecule has 0 amide bonds. The summed E-state index contributed by atoms with van der Waals surface area (Å²) in [4.78, 5) is 0. The molecule has 0 N–H and O–H groups in total. The molecule has 2 heteroatoms. The van der Waals surface area contributed by atoms with Gasteiger partial charge < -0.3 is 4.42 Å². The molecule has 1 aliphatic rings. The van der Waals surface area contributed by atoms with Crippen molar-refractivity contribution in [2.75, 3.05) is 0 Å². The molecule has 1 nitrogen and oxygen atoms in total. The lowest BCUT2D eigenvalue weighted by Crippen LogP contribution is -2.28. The fourth-order valence-corrected chi connectivity index (χ4v) is 6.77. The van der Waals surface area contributed by atoms with Gasteiger partial charge >= 0.3 is 0 Å². The van der Waals surface area contributed by atoms with Crippen LogP contribution in [0, 0.1) is 0 Å². The van der Waals surface area contributed by atoms with Gasteiger partial charge in [-0.1, -0.05) is 121 Å². The number of halogens is 1. The monoisotopic (exact) mass is 518 g/mol. The third kappa shape index (κ3) is 3.14. The van der Waals surface area contributed by atoms with Crippen molar-refractivity contribution in [1.82, 2.24) is 0 Å². The van der Waals surface area contributed by atoms with Gasteiger partial charge in [0.25, 0.3) is 0 Å². The minimum absolute atomic E-state index is 0.497. The van der Waals surface area contributed by atoms with E-state index < -0.39 is 5.41 Å². The summed E-state index contributed by atoms with van der Waals surface area (Å²) in [6, 6.07) is 49.6. The maximum Gasteiger partial charge on any atom is 0.136 e. The maximum atomic E-state index is 6.57. The number of hydrogen-bond donors (Lipinski definition) is 0. The van der Waals surface area contributed by atoms with Gasteiger partial charge in [0.05, 0.1) is 5.41 Å². The van der Waals surface area contributed by atoms with Gasteiger partial charge in [0.1, 0.15) is 11.2 Å². The van der Waals surface area contributed by atoms with Crippen LogP contribution >= 0.6 is 11.6 Å². The van der Waals surface area contributed by atoms with E-state index in [9.17, 15) is 0 Å². The largest absolute Gasteiger partial charge is 0.456 e. The first-order valence-electron chi connectivity index (χ1n) is 13.2. The lowest BCUT2D eigenvalue weighted by atomic mass is 9.67. The molecule has 0 saturated heterocycles. The average molecular weight is 519 g/mol. The third-order valence-electron chi connectivity index (χ3n) is 8.23. The first kappa shape index (κ1) is 22.4. The Kier molecular flexibility index (Phi) is 4.86. The van der Waals surface area contributed by atoms with Crippen LogP contribution in [0.4, 0.5) is 0 Å². The second-order valence-electron chi connectivity index (χ2n) is 10.2. The highest BCUT2D eigenvalue weighted by molar-refractivity contribution is 6.30. The highest BCUT2D eigenvalue weighted by Gasteiger charge is 2.46. The molecular formula is C37H23ClO. The Morgan fingerprint density at radius 2 is 1.10 bits per heavy atom. The molecule has 184 valence electrons. The predicted octanol–water partition coefficient (Wildman–Crippen LogP) is 10.3. The van der Waals surface area contributed by atoms with Crippen molar-refractivity contribution in [3.05, 3.63) is 167 Å². The van der Waals surface area contributed by atoms with Crippen LogP contribution in [0.3, 0.4) is 0 Å². The maximum absolute atomic E-state index is 6.57. The molecule has 0 aliphatic heterocycles. The SMILES string of the molecule is Clc1ccc(-c2cc(C3(c4ccccc4)c4ccccc4-c4ccccc43)cc3oc4ccccc4c23)cc1. The van der Waals surface area contributed by atoms with Crippen LogP contribution in [-0.2, 0) is 5.41 Å². The molecule has 6 aromatic carbocycles. The first-order valence-corrected chi connectivity index (χ1v) is 13.6. The molecule has 0 spiro atoms. The predicted molar refractivity (Wildman–Crippen MR) is 161 cm³/mol. The van der Waals surface area contributed by atoms with Gasteiger partial charge in [-0.15, -0.1) is 0 Å². The Hall–Kier alpha value is -4.59. The normalized spacial score (nSPS) is 13.5. The van der Waals surface area contributed by atoms with Crippen LogP contribution in [0.5, 0.6) is 0 Å². The van der Waals surface area contributed by atoms with Crippen molar-refractivity contribution < 1.29 is 4.42 Å². The molecule has 1 aliphatic carbocycles. The molecule has 0 fully saturated rings. The fraction of sp³-hybridized carbons (Fsp3) is 0.0270. The van der Waals surface area contributed by atoms with Gasteiger partial charge in [-0.05, 0) is 74.8 Å². The van der Waals surface area contributed by atoms with Crippen molar-refractivity contribution in [2.24, 2.45) is 0 Å². The second-order valence-corrected chi connectivity index (χ2v) is 10.6. The molecule has 0 radical (unpaired) electrons. The minimum Gasteiger partial charge on any atom is -0.456 e. The van der Waals surface area contributed by atoms with E-state index in [1.165, 1.54) is 33.4 Å². The fourth-order valence-electron chi connectivity index (χ4n) is 6.64. The number of para-hydroxylation sites is 1. The summed E-state index contributed by atoms with van der Waals surface area (Å²) in [6.07, 6.45) is 0. The Bertz CT molecular complexity index is 1970. The molecule has 39 heavy (non-hydrogen) atoms. The van der Waals surface area contributed by atoms with Crippen molar-refractivity contribution >= 4 is 33.5 Å². The summed E-state index contributed by atoms with van der Waals surface area (Å²) in [5, 5.41) is 2.96. The molecule has 7 aromatic rings. The van der Waals surface area contributed by atoms with Crippen LogP contribution < -0.4 is 0 Å². The Morgan fingerprint density at radius 1 is 0.487 bits per heavy atom. The van der Waals surface area contributed by atoms with E-state index in [2.05, 4.69) is 115 Å². The second kappa shape index (κ2) is 8.46. The minimum atomic E-state index is -0.497. The quantitative estimate of drug-likeness (QED) is 0.227. The average Bonchev–Trinajstić information content (AvgIpc) is 3.52. The van der Waals surface area contributed by atoms with Crippen LogP contribution in [0.15, 0.2) is 144 Å². The smallest absolute Gasteiger partial charge is 0.136 e. The highest BCUT2D eigenvalue weighted by Crippen LogP contribution is 2.57. The van der Waals surface area contributed by atoms with Crippen LogP contribution in [0.2, 0.25) is 5.02 Å². The zero-order valence-corrected chi connectivity index (χ0v) is 21.8. The number of benzene rings is 6. The zero-order valence-electron chi connectivity index (χ0n) is 21.1. The van der Waals surface area contributed by atoms with Gasteiger partial charge in [-0.2, -0.15) is 0 Å². The van der Waals surface area contributed by atoms with E-state index in [0.717, 1.165) is 38.1 Å². The number of furan rings is 1. The molecule has 0 unspecified atom stereocenters. The summed E-state index contributed by atoms with van der Waals surface area (Å²) >= 11 is 6.32. The molecule has 1 aromatic heterocycles. The van der Waals surface area contributed by atoms with Crippen molar-refractivity contribution in [2.45, 2.75) is 5.41 Å². The van der Waals surface area contributed by atoms with E-state index in [-0.39, 0.29) is 0 Å². The van der Waals surface area contributed by atoms with Crippen LogP contribution in [-0.4, -0.2) is 0 Å². The van der Waals surface area contributed by atoms with Crippen molar-refractivity contribution in [3.8, 4) is 22.3 Å². The van der Waals surface area contributed by atoms with E-state index in [1.54, 1.807) is 0 Å². The van der Waals surface area contributed by atoms with Gasteiger partial charge in [0, 0.05) is 15.8 Å². The summed E-state index contributed by atoms with van der Waals surface area (Å²) in [5.41, 5.74) is 11.1. The van der Waals surface area contributed by atoms with E-state index in [4.69, 9.17) is 16.0 Å². The zero-order chi connectivity index (χ0) is 26.0. The summed E-state index contributed by atoms with van der Waals surface area (Å²) in [6.45, 7) is 0. The third-order valence-corrected chi connectivity index (χ3v) is 8.48.